The van der Waals surface area contributed by atoms with Crippen molar-refractivity contribution in [3.8, 4) is 5.75 Å². The van der Waals surface area contributed by atoms with E-state index in [9.17, 15) is 0 Å². The molecule has 2 aromatic heterocycles. The average Bonchev–Trinajstić information content (AvgIpc) is 3.27. The Kier molecular flexibility index (Phi) is 6.77. The van der Waals surface area contributed by atoms with Gasteiger partial charge in [-0.05, 0) is 49.5 Å². The van der Waals surface area contributed by atoms with Gasteiger partial charge in [0.15, 0.2) is 10.8 Å². The van der Waals surface area contributed by atoms with Crippen molar-refractivity contribution < 1.29 is 4.74 Å². The van der Waals surface area contributed by atoms with E-state index in [1.165, 1.54) is 11.3 Å². The van der Waals surface area contributed by atoms with Gasteiger partial charge in [0.2, 0.25) is 0 Å². The lowest BCUT2D eigenvalue weighted by Crippen LogP contribution is -2.34. The molecule has 166 valence electrons. The summed E-state index contributed by atoms with van der Waals surface area (Å²) in [4.78, 5) is 15.9. The summed E-state index contributed by atoms with van der Waals surface area (Å²) in [5.74, 6) is 1.85. The second-order valence-electron chi connectivity index (χ2n) is 7.23. The highest BCUT2D eigenvalue weighted by molar-refractivity contribution is 7.21. The van der Waals surface area contributed by atoms with Gasteiger partial charge in [-0.15, -0.1) is 11.3 Å². The van der Waals surface area contributed by atoms with Crippen LogP contribution in [0.3, 0.4) is 0 Å². The minimum Gasteiger partial charge on any atom is -0.497 e. The number of fused-ring (bicyclic) bond motifs is 3. The lowest BCUT2D eigenvalue weighted by molar-refractivity contribution is 0.308. The van der Waals surface area contributed by atoms with Gasteiger partial charge in [0, 0.05) is 18.8 Å². The first-order valence-corrected chi connectivity index (χ1v) is 11.4. The minimum absolute atomic E-state index is 0.341. The van der Waals surface area contributed by atoms with Crippen molar-refractivity contribution >= 4 is 49.8 Å². The zero-order valence-corrected chi connectivity index (χ0v) is 19.3. The van der Waals surface area contributed by atoms with Crippen molar-refractivity contribution in [3.63, 3.8) is 0 Å². The van der Waals surface area contributed by atoms with E-state index in [0.29, 0.717) is 23.2 Å². The topological polar surface area (TPSA) is 99.1 Å². The fourth-order valence-electron chi connectivity index (χ4n) is 3.50. The molecule has 0 aliphatic carbocycles. The van der Waals surface area contributed by atoms with Gasteiger partial charge in [0.05, 0.1) is 28.2 Å². The minimum atomic E-state index is 0.341. The van der Waals surface area contributed by atoms with Gasteiger partial charge in [-0.2, -0.15) is 0 Å². The number of nitrogens with one attached hydrogen (secondary N) is 3. The molecular weight excluding hydrogens is 422 g/mol. The molecule has 4 rings (SSSR count). The predicted octanol–water partition coefficient (Wildman–Crippen LogP) is 4.25. The van der Waals surface area contributed by atoms with Gasteiger partial charge in [0.1, 0.15) is 17.9 Å². The van der Waals surface area contributed by atoms with E-state index >= 15 is 0 Å². The zero-order chi connectivity index (χ0) is 22.5. The highest BCUT2D eigenvalue weighted by Gasteiger charge is 2.15. The fraction of sp³-hybridized carbons (Fsp3) is 0.304. The molecule has 0 aliphatic rings. The summed E-state index contributed by atoms with van der Waals surface area (Å²) in [5.41, 5.74) is 2.57. The molecule has 4 aromatic rings. The molecule has 2 aromatic carbocycles. The van der Waals surface area contributed by atoms with Crippen LogP contribution in [0.1, 0.15) is 18.9 Å². The van der Waals surface area contributed by atoms with E-state index in [4.69, 9.17) is 10.1 Å². The molecule has 0 unspecified atom stereocenters. The molecule has 0 radical (unpaired) electrons. The molecule has 8 nitrogen and oxygen atoms in total. The van der Waals surface area contributed by atoms with Crippen LogP contribution in [0.25, 0.3) is 21.1 Å². The third-order valence-corrected chi connectivity index (χ3v) is 6.45. The van der Waals surface area contributed by atoms with E-state index in [2.05, 4.69) is 44.3 Å². The van der Waals surface area contributed by atoms with Crippen LogP contribution < -0.4 is 15.4 Å². The maximum atomic E-state index is 8.46. The molecule has 0 atom stereocenters. The smallest absolute Gasteiger partial charge is 0.159 e. The highest BCUT2D eigenvalue weighted by Crippen LogP contribution is 2.34. The second kappa shape index (κ2) is 9.88. The summed E-state index contributed by atoms with van der Waals surface area (Å²) in [6, 6.07) is 11.6. The van der Waals surface area contributed by atoms with Crippen LogP contribution in [0.2, 0.25) is 0 Å². The zero-order valence-electron chi connectivity index (χ0n) is 18.5. The van der Waals surface area contributed by atoms with Crippen molar-refractivity contribution in [2.45, 2.75) is 13.8 Å². The molecule has 0 spiro atoms. The molecule has 0 amide bonds. The Labute approximate surface area is 191 Å². The first kappa shape index (κ1) is 21.9. The molecule has 9 heteroatoms. The molecule has 0 saturated heterocycles. The first-order chi connectivity index (χ1) is 15.6. The standard InChI is InChI=1S/C23H27N7OS/c1-4-30(5-2)13-12-25-21(24)23-29-18-11-10-17-19(20(18)32-23)22(27-14-26-17)28-15-6-8-16(31-3)9-7-15/h6-11,14H,4-5,12-13H2,1-3H3,(H2,24,25)(H,26,27,28). The highest BCUT2D eigenvalue weighted by atomic mass is 32.1. The number of nitrogens with zero attached hydrogens (tertiary/aromatic N) is 4. The number of anilines is 2. The Hall–Kier alpha value is -3.30. The van der Waals surface area contributed by atoms with Gasteiger partial charge in [-0.25, -0.2) is 15.0 Å². The van der Waals surface area contributed by atoms with Gasteiger partial charge in [0.25, 0.3) is 0 Å². The van der Waals surface area contributed by atoms with Gasteiger partial charge in [-0.3, -0.25) is 5.41 Å². The lowest BCUT2D eigenvalue weighted by Gasteiger charge is -2.18. The summed E-state index contributed by atoms with van der Waals surface area (Å²) in [5, 5.41) is 16.6. The summed E-state index contributed by atoms with van der Waals surface area (Å²) in [7, 11) is 1.65. The van der Waals surface area contributed by atoms with Crippen LogP contribution in [0.4, 0.5) is 11.5 Å². The summed E-state index contributed by atoms with van der Waals surface area (Å²) < 4.78 is 6.20. The summed E-state index contributed by atoms with van der Waals surface area (Å²) in [6.07, 6.45) is 1.55. The molecule has 0 aliphatic heterocycles. The molecule has 32 heavy (non-hydrogen) atoms. The summed E-state index contributed by atoms with van der Waals surface area (Å²) in [6.45, 7) is 7.91. The molecule has 3 N–H and O–H groups in total. The first-order valence-electron chi connectivity index (χ1n) is 10.6. The number of rotatable bonds is 9. The van der Waals surface area contributed by atoms with E-state index in [1.54, 1.807) is 13.4 Å². The normalized spacial score (nSPS) is 11.2. The molecular formula is C23H27N7OS. The van der Waals surface area contributed by atoms with Crippen molar-refractivity contribution in [2.24, 2.45) is 0 Å². The SMILES string of the molecule is CCN(CC)CCNC(=N)c1nc2ccc3ncnc(Nc4ccc(OC)cc4)c3c2s1. The Balaban J connectivity index is 1.62. The number of hydrogen-bond acceptors (Lipinski definition) is 8. The molecule has 0 bridgehead atoms. The van der Waals surface area contributed by atoms with E-state index in [1.807, 2.05) is 36.4 Å². The number of ether oxygens (including phenoxy) is 1. The van der Waals surface area contributed by atoms with Crippen LogP contribution in [0.5, 0.6) is 5.75 Å². The third kappa shape index (κ3) is 4.63. The lowest BCUT2D eigenvalue weighted by atomic mass is 10.2. The number of amidine groups is 1. The van der Waals surface area contributed by atoms with Crippen LogP contribution in [0.15, 0.2) is 42.7 Å². The Bertz CT molecular complexity index is 1220. The van der Waals surface area contributed by atoms with Gasteiger partial charge >= 0.3 is 0 Å². The van der Waals surface area contributed by atoms with Crippen molar-refractivity contribution in [1.29, 1.82) is 5.41 Å². The van der Waals surface area contributed by atoms with Crippen LogP contribution >= 0.6 is 11.3 Å². The Morgan fingerprint density at radius 1 is 1.06 bits per heavy atom. The monoisotopic (exact) mass is 449 g/mol. The van der Waals surface area contributed by atoms with E-state index in [-0.39, 0.29) is 0 Å². The van der Waals surface area contributed by atoms with Crippen LogP contribution in [-0.4, -0.2) is 59.0 Å². The van der Waals surface area contributed by atoms with Crippen LogP contribution in [-0.2, 0) is 0 Å². The van der Waals surface area contributed by atoms with Crippen molar-refractivity contribution in [3.05, 3.63) is 47.7 Å². The van der Waals surface area contributed by atoms with Gasteiger partial charge in [-0.1, -0.05) is 13.8 Å². The summed E-state index contributed by atoms with van der Waals surface area (Å²) >= 11 is 1.48. The molecule has 0 fully saturated rings. The van der Waals surface area contributed by atoms with E-state index < -0.39 is 0 Å². The number of aromatic nitrogens is 3. The van der Waals surface area contributed by atoms with E-state index in [0.717, 1.165) is 52.2 Å². The number of thiazole rings is 1. The maximum absolute atomic E-state index is 8.46. The van der Waals surface area contributed by atoms with Crippen molar-refractivity contribution in [2.75, 3.05) is 38.6 Å². The van der Waals surface area contributed by atoms with Gasteiger partial charge < -0.3 is 20.3 Å². The average molecular weight is 450 g/mol. The van der Waals surface area contributed by atoms with Crippen LogP contribution in [0, 0.1) is 5.41 Å². The third-order valence-electron chi connectivity index (χ3n) is 5.35. The maximum Gasteiger partial charge on any atom is 0.159 e. The second-order valence-corrected chi connectivity index (χ2v) is 8.23. The Morgan fingerprint density at radius 2 is 1.81 bits per heavy atom. The molecule has 0 saturated carbocycles. The largest absolute Gasteiger partial charge is 0.497 e. The number of benzene rings is 2. The quantitative estimate of drug-likeness (QED) is 0.259. The van der Waals surface area contributed by atoms with Crippen molar-refractivity contribution in [1.82, 2.24) is 25.2 Å². The number of methoxy groups -OCH3 is 1. The number of likely N-dealkylation sites (N-methyl/N-ethyl adjacent to an activating group) is 1. The predicted molar refractivity (Wildman–Crippen MR) is 132 cm³/mol. The number of hydrogen-bond donors (Lipinski definition) is 3. The molecule has 2 heterocycles. The Morgan fingerprint density at radius 3 is 2.53 bits per heavy atom. The fourth-order valence-corrected chi connectivity index (χ4v) is 4.53.